The van der Waals surface area contributed by atoms with Crippen molar-refractivity contribution in [1.29, 1.82) is 0 Å². The molecule has 0 aromatic heterocycles. The number of nitrogens with zero attached hydrogens (tertiary/aromatic N) is 1. The normalized spacial score (nSPS) is 29.8. The highest BCUT2D eigenvalue weighted by Gasteiger charge is 2.42. The zero-order chi connectivity index (χ0) is 18.6. The second kappa shape index (κ2) is 8.68. The maximum absolute atomic E-state index is 12.4. The van der Waals surface area contributed by atoms with Gasteiger partial charge >= 0.3 is 5.97 Å². The third kappa shape index (κ3) is 5.19. The fourth-order valence-corrected chi connectivity index (χ4v) is 3.83. The first-order chi connectivity index (χ1) is 11.8. The summed E-state index contributed by atoms with van der Waals surface area (Å²) in [5, 5.41) is 2.71. The van der Waals surface area contributed by atoms with Crippen LogP contribution in [-0.2, 0) is 19.1 Å². The van der Waals surface area contributed by atoms with E-state index < -0.39 is 11.9 Å². The van der Waals surface area contributed by atoms with Gasteiger partial charge in [-0.1, -0.05) is 40.5 Å². The average Bonchev–Trinajstić information content (AvgIpc) is 2.95. The number of hydrogen-bond donors (Lipinski definition) is 1. The van der Waals surface area contributed by atoms with E-state index in [0.717, 1.165) is 12.8 Å². The molecular weight excluding hydrogens is 320 g/mol. The molecule has 0 aromatic carbocycles. The molecule has 0 bridgehead atoms. The maximum Gasteiger partial charge on any atom is 0.311 e. The molecule has 1 N–H and O–H groups in total. The fraction of sp³-hybridized carbons (Fsp3) is 0.842. The number of esters is 1. The topological polar surface area (TPSA) is 75.7 Å². The molecule has 25 heavy (non-hydrogen) atoms. The van der Waals surface area contributed by atoms with Gasteiger partial charge in [0.1, 0.15) is 0 Å². The zero-order valence-electron chi connectivity index (χ0n) is 15.9. The van der Waals surface area contributed by atoms with Crippen molar-refractivity contribution in [3.05, 3.63) is 0 Å². The predicted octanol–water partition coefficient (Wildman–Crippen LogP) is 1.97. The van der Waals surface area contributed by atoms with E-state index in [1.165, 1.54) is 6.42 Å². The Hall–Kier alpha value is -1.59. The Morgan fingerprint density at radius 1 is 1.28 bits per heavy atom. The highest BCUT2D eigenvalue weighted by atomic mass is 16.5. The standard InChI is InChI=1S/C19H32N2O4/c1-12(2)9-20-17(22)11-25-19(24)15-8-18(23)21(10-15)16-7-5-6-13(3)14(16)4/h12-16H,5-11H2,1-4H3,(H,20,22)/t13-,14+,15+,16-/m0/s1. The van der Waals surface area contributed by atoms with Gasteiger partial charge in [-0.25, -0.2) is 0 Å². The van der Waals surface area contributed by atoms with Crippen molar-refractivity contribution in [2.24, 2.45) is 23.7 Å². The minimum atomic E-state index is -0.449. The average molecular weight is 352 g/mol. The van der Waals surface area contributed by atoms with Gasteiger partial charge in [0.2, 0.25) is 5.91 Å². The summed E-state index contributed by atoms with van der Waals surface area (Å²) < 4.78 is 5.12. The van der Waals surface area contributed by atoms with Crippen molar-refractivity contribution in [2.75, 3.05) is 19.7 Å². The molecule has 1 saturated heterocycles. The molecule has 2 aliphatic rings. The van der Waals surface area contributed by atoms with Crippen molar-refractivity contribution < 1.29 is 19.1 Å². The third-order valence-electron chi connectivity index (χ3n) is 5.61. The lowest BCUT2D eigenvalue weighted by Gasteiger charge is -2.39. The van der Waals surface area contributed by atoms with E-state index in [9.17, 15) is 14.4 Å². The Kier molecular flexibility index (Phi) is 6.85. The summed E-state index contributed by atoms with van der Waals surface area (Å²) >= 11 is 0. The molecule has 0 unspecified atom stereocenters. The number of nitrogens with one attached hydrogen (secondary N) is 1. The van der Waals surface area contributed by atoms with E-state index in [0.29, 0.717) is 30.8 Å². The van der Waals surface area contributed by atoms with E-state index in [1.54, 1.807) is 0 Å². The maximum atomic E-state index is 12.4. The largest absolute Gasteiger partial charge is 0.455 e. The van der Waals surface area contributed by atoms with Gasteiger partial charge in [0.15, 0.2) is 6.61 Å². The van der Waals surface area contributed by atoms with E-state index in [2.05, 4.69) is 19.2 Å². The van der Waals surface area contributed by atoms with Gasteiger partial charge in [-0.15, -0.1) is 0 Å². The Balaban J connectivity index is 1.83. The number of amides is 2. The molecule has 1 saturated carbocycles. The van der Waals surface area contributed by atoms with Crippen LogP contribution in [0.1, 0.15) is 53.4 Å². The molecule has 0 radical (unpaired) electrons. The summed E-state index contributed by atoms with van der Waals surface area (Å²) in [5.74, 6) is 0.258. The summed E-state index contributed by atoms with van der Waals surface area (Å²) in [6, 6.07) is 0.225. The molecule has 2 amide bonds. The van der Waals surface area contributed by atoms with Crippen LogP contribution in [0.2, 0.25) is 0 Å². The summed E-state index contributed by atoms with van der Waals surface area (Å²) in [5.41, 5.74) is 0. The van der Waals surface area contributed by atoms with E-state index in [1.807, 2.05) is 18.7 Å². The Morgan fingerprint density at radius 2 is 2.00 bits per heavy atom. The molecule has 0 spiro atoms. The van der Waals surface area contributed by atoms with Crippen LogP contribution in [-0.4, -0.2) is 48.4 Å². The molecule has 4 atom stereocenters. The minimum absolute atomic E-state index is 0.0390. The van der Waals surface area contributed by atoms with Crippen LogP contribution in [0.15, 0.2) is 0 Å². The number of carbonyl (C=O) groups excluding carboxylic acids is 3. The molecule has 1 aliphatic carbocycles. The van der Waals surface area contributed by atoms with E-state index >= 15 is 0 Å². The molecule has 142 valence electrons. The summed E-state index contributed by atoms with van der Waals surface area (Å²) in [7, 11) is 0. The van der Waals surface area contributed by atoms with Crippen molar-refractivity contribution in [3.8, 4) is 0 Å². The van der Waals surface area contributed by atoms with Gasteiger partial charge in [-0.05, 0) is 24.2 Å². The molecule has 1 aliphatic heterocycles. The molecular formula is C19H32N2O4. The second-order valence-electron chi connectivity index (χ2n) is 8.09. The van der Waals surface area contributed by atoms with Crippen molar-refractivity contribution in [1.82, 2.24) is 10.2 Å². The number of likely N-dealkylation sites (tertiary alicyclic amines) is 1. The van der Waals surface area contributed by atoms with Gasteiger partial charge in [-0.2, -0.15) is 0 Å². The summed E-state index contributed by atoms with van der Waals surface area (Å²) in [6.45, 7) is 9.14. The monoisotopic (exact) mass is 352 g/mol. The van der Waals surface area contributed by atoms with Crippen LogP contribution in [0.4, 0.5) is 0 Å². The van der Waals surface area contributed by atoms with Crippen molar-refractivity contribution in [2.45, 2.75) is 59.4 Å². The lowest BCUT2D eigenvalue weighted by atomic mass is 9.77. The second-order valence-corrected chi connectivity index (χ2v) is 8.09. The number of rotatable bonds is 6. The predicted molar refractivity (Wildman–Crippen MR) is 94.6 cm³/mol. The van der Waals surface area contributed by atoms with Crippen LogP contribution < -0.4 is 5.32 Å². The SMILES string of the molecule is CC(C)CNC(=O)COC(=O)[C@@H]1CC(=O)N([C@H]2CCC[C@H](C)[C@H]2C)C1. The Morgan fingerprint density at radius 3 is 2.68 bits per heavy atom. The van der Waals surface area contributed by atoms with Crippen molar-refractivity contribution >= 4 is 17.8 Å². The van der Waals surface area contributed by atoms with Gasteiger partial charge in [0.05, 0.1) is 5.92 Å². The van der Waals surface area contributed by atoms with E-state index in [-0.39, 0.29) is 30.9 Å². The molecule has 0 aromatic rings. The highest BCUT2D eigenvalue weighted by molar-refractivity contribution is 5.88. The van der Waals surface area contributed by atoms with E-state index in [4.69, 9.17) is 4.74 Å². The van der Waals surface area contributed by atoms with Gasteiger partial charge in [-0.3, -0.25) is 14.4 Å². The first-order valence-electron chi connectivity index (χ1n) is 9.52. The first kappa shape index (κ1) is 19.7. The van der Waals surface area contributed by atoms with Crippen LogP contribution >= 0.6 is 0 Å². The zero-order valence-corrected chi connectivity index (χ0v) is 15.9. The lowest BCUT2D eigenvalue weighted by molar-refractivity contribution is -0.152. The quantitative estimate of drug-likeness (QED) is 0.742. The lowest BCUT2D eigenvalue weighted by Crippen LogP contribution is -2.45. The van der Waals surface area contributed by atoms with Gasteiger partial charge in [0.25, 0.3) is 5.91 Å². The van der Waals surface area contributed by atoms with Crippen LogP contribution in [0, 0.1) is 23.7 Å². The summed E-state index contributed by atoms with van der Waals surface area (Å²) in [6.07, 6.45) is 3.54. The Bertz CT molecular complexity index is 506. The molecule has 2 rings (SSSR count). The van der Waals surface area contributed by atoms with Gasteiger partial charge in [0, 0.05) is 25.6 Å². The Labute approximate surface area is 150 Å². The fourth-order valence-electron chi connectivity index (χ4n) is 3.83. The minimum Gasteiger partial charge on any atom is -0.455 e. The number of hydrogen-bond acceptors (Lipinski definition) is 4. The summed E-state index contributed by atoms with van der Waals surface area (Å²) in [4.78, 5) is 38.2. The molecule has 1 heterocycles. The number of ether oxygens (including phenoxy) is 1. The molecule has 6 nitrogen and oxygen atoms in total. The number of carbonyl (C=O) groups is 3. The van der Waals surface area contributed by atoms with Crippen LogP contribution in [0.5, 0.6) is 0 Å². The molecule has 2 fully saturated rings. The van der Waals surface area contributed by atoms with Crippen molar-refractivity contribution in [3.63, 3.8) is 0 Å². The van der Waals surface area contributed by atoms with Gasteiger partial charge < -0.3 is 15.0 Å². The first-order valence-corrected chi connectivity index (χ1v) is 9.52. The van der Waals surface area contributed by atoms with Crippen LogP contribution in [0.25, 0.3) is 0 Å². The molecule has 6 heteroatoms. The third-order valence-corrected chi connectivity index (χ3v) is 5.61. The van der Waals surface area contributed by atoms with Crippen LogP contribution in [0.3, 0.4) is 0 Å². The highest BCUT2D eigenvalue weighted by Crippen LogP contribution is 2.35. The smallest absolute Gasteiger partial charge is 0.311 e.